The molecule has 2 fully saturated rings. The predicted octanol–water partition coefficient (Wildman–Crippen LogP) is 1.32. The molecule has 0 spiro atoms. The van der Waals surface area contributed by atoms with Crippen LogP contribution in [0.25, 0.3) is 0 Å². The molecule has 0 aliphatic carbocycles. The van der Waals surface area contributed by atoms with Crippen LogP contribution in [0, 0.1) is 0 Å². The van der Waals surface area contributed by atoms with Gasteiger partial charge in [0.15, 0.2) is 11.5 Å². The van der Waals surface area contributed by atoms with Crippen molar-refractivity contribution >= 4 is 5.91 Å². The highest BCUT2D eigenvalue weighted by molar-refractivity contribution is 5.92. The molecule has 1 atom stereocenters. The van der Waals surface area contributed by atoms with E-state index in [9.17, 15) is 9.18 Å². The number of alkyl halides is 1. The van der Waals surface area contributed by atoms with Gasteiger partial charge in [0.25, 0.3) is 5.91 Å². The van der Waals surface area contributed by atoms with Crippen LogP contribution in [0.4, 0.5) is 4.39 Å². The fourth-order valence-electron chi connectivity index (χ4n) is 2.10. The van der Waals surface area contributed by atoms with Crippen molar-refractivity contribution in [1.82, 2.24) is 10.1 Å². The Morgan fingerprint density at radius 3 is 3.00 bits per heavy atom. The summed E-state index contributed by atoms with van der Waals surface area (Å²) in [4.78, 5) is 13.2. The Morgan fingerprint density at radius 1 is 1.53 bits per heavy atom. The summed E-state index contributed by atoms with van der Waals surface area (Å²) in [6, 6.07) is 1.60. The molecule has 3 heterocycles. The van der Waals surface area contributed by atoms with E-state index in [1.807, 2.05) is 0 Å². The van der Waals surface area contributed by atoms with Crippen LogP contribution in [-0.2, 0) is 4.74 Å². The number of carbonyl (C=O) groups is 1. The first-order valence-electron chi connectivity index (χ1n) is 5.75. The van der Waals surface area contributed by atoms with E-state index in [4.69, 9.17) is 9.26 Å². The van der Waals surface area contributed by atoms with Gasteiger partial charge < -0.3 is 14.2 Å². The van der Waals surface area contributed by atoms with Crippen LogP contribution < -0.4 is 0 Å². The zero-order chi connectivity index (χ0) is 11.8. The molecule has 1 aromatic rings. The molecule has 17 heavy (non-hydrogen) atoms. The summed E-state index contributed by atoms with van der Waals surface area (Å²) < 4.78 is 23.2. The minimum Gasteiger partial charge on any atom is -0.370 e. The smallest absolute Gasteiger partial charge is 0.276 e. The molecule has 2 aliphatic rings. The van der Waals surface area contributed by atoms with E-state index < -0.39 is 6.17 Å². The van der Waals surface area contributed by atoms with Crippen molar-refractivity contribution in [3.63, 3.8) is 0 Å². The van der Waals surface area contributed by atoms with Crippen molar-refractivity contribution in [3.05, 3.63) is 17.5 Å². The maximum Gasteiger partial charge on any atom is 0.276 e. The molecule has 5 nitrogen and oxygen atoms in total. The van der Waals surface area contributed by atoms with E-state index in [0.29, 0.717) is 12.4 Å². The Labute approximate surface area is 97.5 Å². The number of carbonyl (C=O) groups excluding carboxylic acids is 1. The van der Waals surface area contributed by atoms with E-state index in [1.54, 1.807) is 6.07 Å². The molecular weight excluding hydrogens is 227 g/mol. The lowest BCUT2D eigenvalue weighted by atomic mass is 10.1. The first kappa shape index (κ1) is 10.7. The molecule has 2 aliphatic heterocycles. The Balaban J connectivity index is 1.69. The van der Waals surface area contributed by atoms with Crippen LogP contribution in [0.5, 0.6) is 0 Å². The van der Waals surface area contributed by atoms with Crippen molar-refractivity contribution in [2.24, 2.45) is 0 Å². The van der Waals surface area contributed by atoms with E-state index in [2.05, 4.69) is 5.16 Å². The normalized spacial score (nSPS) is 25.0. The Bertz CT molecular complexity index is 422. The van der Waals surface area contributed by atoms with Crippen molar-refractivity contribution in [1.29, 1.82) is 0 Å². The maximum atomic E-state index is 12.6. The average molecular weight is 240 g/mol. The number of rotatable bonds is 2. The molecule has 2 saturated heterocycles. The number of hydrogen-bond acceptors (Lipinski definition) is 4. The summed E-state index contributed by atoms with van der Waals surface area (Å²) in [6.07, 6.45) is 0.890. The number of halogens is 1. The minimum atomic E-state index is -0.900. The highest BCUT2D eigenvalue weighted by Crippen LogP contribution is 2.29. The van der Waals surface area contributed by atoms with Crippen LogP contribution in [0.15, 0.2) is 10.6 Å². The van der Waals surface area contributed by atoms with Crippen molar-refractivity contribution < 1.29 is 18.4 Å². The predicted molar refractivity (Wildman–Crippen MR) is 55.2 cm³/mol. The fourth-order valence-corrected chi connectivity index (χ4v) is 2.10. The molecule has 0 N–H and O–H groups in total. The Hall–Kier alpha value is -1.43. The number of ether oxygens (including phenoxy) is 1. The zero-order valence-electron chi connectivity index (χ0n) is 9.26. The summed E-state index contributed by atoms with van der Waals surface area (Å²) in [5.41, 5.74) is 0.238. The summed E-state index contributed by atoms with van der Waals surface area (Å²) in [5, 5.41) is 3.72. The van der Waals surface area contributed by atoms with Gasteiger partial charge in [-0.05, 0) is 12.8 Å². The molecule has 0 aromatic carbocycles. The first-order chi connectivity index (χ1) is 8.24. The fraction of sp³-hybridized carbons (Fsp3) is 0.636. The highest BCUT2D eigenvalue weighted by Gasteiger charge is 2.33. The second kappa shape index (κ2) is 4.10. The molecule has 0 radical (unpaired) electrons. The number of likely N-dealkylation sites (tertiary alicyclic amines) is 1. The number of hydrogen-bond donors (Lipinski definition) is 0. The van der Waals surface area contributed by atoms with Crippen LogP contribution in [0.2, 0.25) is 0 Å². The molecule has 0 saturated carbocycles. The second-order valence-electron chi connectivity index (χ2n) is 4.42. The lowest BCUT2D eigenvalue weighted by molar-refractivity contribution is 0.0390. The Morgan fingerprint density at radius 2 is 2.35 bits per heavy atom. The topological polar surface area (TPSA) is 55.6 Å². The van der Waals surface area contributed by atoms with Gasteiger partial charge in [-0.25, -0.2) is 4.39 Å². The zero-order valence-corrected chi connectivity index (χ0v) is 9.26. The van der Waals surface area contributed by atoms with E-state index in [0.717, 1.165) is 12.8 Å². The third-order valence-corrected chi connectivity index (χ3v) is 3.12. The molecule has 3 rings (SSSR count). The summed E-state index contributed by atoms with van der Waals surface area (Å²) in [6.45, 7) is 1.02. The quantitative estimate of drug-likeness (QED) is 0.782. The van der Waals surface area contributed by atoms with Crippen LogP contribution in [0.1, 0.15) is 35.2 Å². The number of nitrogens with zero attached hydrogens (tertiary/aromatic N) is 2. The average Bonchev–Trinajstić information content (AvgIpc) is 2.92. The van der Waals surface area contributed by atoms with E-state index >= 15 is 0 Å². The second-order valence-corrected chi connectivity index (χ2v) is 4.42. The third kappa shape index (κ3) is 1.93. The molecule has 92 valence electrons. The summed E-state index contributed by atoms with van der Waals surface area (Å²) in [5.74, 6) is 0.315. The number of aromatic nitrogens is 1. The van der Waals surface area contributed by atoms with E-state index in [1.165, 1.54) is 4.90 Å². The summed E-state index contributed by atoms with van der Waals surface area (Å²) >= 11 is 0. The first-order valence-corrected chi connectivity index (χ1v) is 5.75. The molecule has 1 unspecified atom stereocenters. The minimum absolute atomic E-state index is 0.0886. The lowest BCUT2D eigenvalue weighted by Crippen LogP contribution is -2.51. The monoisotopic (exact) mass is 240 g/mol. The highest BCUT2D eigenvalue weighted by atomic mass is 19.1. The molecule has 1 aromatic heterocycles. The van der Waals surface area contributed by atoms with Gasteiger partial charge in [-0.1, -0.05) is 5.16 Å². The van der Waals surface area contributed by atoms with Crippen molar-refractivity contribution in [3.8, 4) is 0 Å². The van der Waals surface area contributed by atoms with Gasteiger partial charge in [-0.3, -0.25) is 4.79 Å². The van der Waals surface area contributed by atoms with Crippen LogP contribution in [-0.4, -0.2) is 41.8 Å². The van der Waals surface area contributed by atoms with Gasteiger partial charge in [0.1, 0.15) is 12.3 Å². The molecule has 1 amide bonds. The van der Waals surface area contributed by atoms with Gasteiger partial charge in [0.2, 0.25) is 0 Å². The van der Waals surface area contributed by atoms with Crippen molar-refractivity contribution in [2.75, 3.05) is 19.7 Å². The largest absolute Gasteiger partial charge is 0.370 e. The maximum absolute atomic E-state index is 12.6. The SMILES string of the molecule is O=C(c1cc(C2CCCO2)on1)N1CC(F)C1. The van der Waals surface area contributed by atoms with Crippen LogP contribution in [0.3, 0.4) is 0 Å². The molecule has 6 heteroatoms. The standard InChI is InChI=1S/C11H13FN2O3/c12-7-5-14(6-7)11(15)8-4-10(17-13-8)9-2-1-3-16-9/h4,7,9H,1-3,5-6H2. The van der Waals surface area contributed by atoms with Gasteiger partial charge in [0, 0.05) is 12.7 Å². The molecule has 0 bridgehead atoms. The molecular formula is C11H13FN2O3. The lowest BCUT2D eigenvalue weighted by Gasteiger charge is -2.33. The Kier molecular flexibility index (Phi) is 2.58. The van der Waals surface area contributed by atoms with Crippen molar-refractivity contribution in [2.45, 2.75) is 25.1 Å². The van der Waals surface area contributed by atoms with Gasteiger partial charge in [-0.15, -0.1) is 0 Å². The van der Waals surface area contributed by atoms with E-state index in [-0.39, 0.29) is 30.8 Å². The third-order valence-electron chi connectivity index (χ3n) is 3.12. The summed E-state index contributed by atoms with van der Waals surface area (Å²) in [7, 11) is 0. The number of amides is 1. The van der Waals surface area contributed by atoms with Crippen LogP contribution >= 0.6 is 0 Å². The van der Waals surface area contributed by atoms with Gasteiger partial charge >= 0.3 is 0 Å². The van der Waals surface area contributed by atoms with Gasteiger partial charge in [-0.2, -0.15) is 0 Å². The van der Waals surface area contributed by atoms with Gasteiger partial charge in [0.05, 0.1) is 13.1 Å².